The van der Waals surface area contributed by atoms with Crippen LogP contribution in [0.1, 0.15) is 63.2 Å². The molecular weight excluding hydrogens is 576 g/mol. The number of unbranched alkanes of at least 4 members (excludes halogenated alkanes) is 7. The van der Waals surface area contributed by atoms with E-state index in [4.69, 9.17) is 0 Å². The Morgan fingerprint density at radius 3 is 2.11 bits per heavy atom. The zero-order valence-corrected chi connectivity index (χ0v) is 24.4. The SMILES string of the molecule is CCCCCCCCCCc1cc2cc3cc4cc5[te]c(-c6cccs6)cc5cc4cc3cc2s1. The van der Waals surface area contributed by atoms with Gasteiger partial charge in [0.2, 0.25) is 0 Å². The molecule has 3 heterocycles. The zero-order valence-electron chi connectivity index (χ0n) is 20.4. The van der Waals surface area contributed by atoms with Crippen LogP contribution in [0.15, 0.2) is 66.0 Å². The molecule has 0 aliphatic heterocycles. The molecule has 0 fully saturated rings. The first-order chi connectivity index (χ1) is 17.3. The average Bonchev–Trinajstić information content (AvgIpc) is 3.60. The third-order valence-electron chi connectivity index (χ3n) is 7.16. The number of aryl methyl sites for hydroxylation is 1. The summed E-state index contributed by atoms with van der Waals surface area (Å²) in [6, 6.07) is 24.0. The molecule has 0 spiro atoms. The fraction of sp³-hybridized carbons (Fsp3) is 0.312. The van der Waals surface area contributed by atoms with Gasteiger partial charge in [-0.25, -0.2) is 0 Å². The van der Waals surface area contributed by atoms with E-state index in [0.717, 1.165) is 0 Å². The number of hydrogen-bond acceptors (Lipinski definition) is 2. The standard InChI is InChI=1S/C32H32S2Te/c1-2-3-4-5-6-7-8-9-11-28-18-26-16-22-15-25-20-31-27(21-32(35-31)29-12-10-13-33-29)17-23(25)14-24(22)19-30(26)34-28/h10,12-21H,2-9,11H2,1H3. The van der Waals surface area contributed by atoms with Crippen molar-refractivity contribution in [1.82, 2.24) is 0 Å². The third-order valence-corrected chi connectivity index (χ3v) is 12.9. The Hall–Kier alpha value is -1.63. The normalized spacial score (nSPS) is 12.0. The maximum absolute atomic E-state index is 2.48. The number of benzene rings is 3. The molecule has 0 radical (unpaired) electrons. The van der Waals surface area contributed by atoms with Crippen molar-refractivity contribution in [3.63, 3.8) is 0 Å². The third kappa shape index (κ3) is 5.26. The van der Waals surface area contributed by atoms with Gasteiger partial charge < -0.3 is 0 Å². The van der Waals surface area contributed by atoms with Crippen LogP contribution in [-0.4, -0.2) is 20.4 Å². The average molecular weight is 608 g/mol. The van der Waals surface area contributed by atoms with Crippen LogP contribution in [0.2, 0.25) is 0 Å². The number of thiophene rings is 2. The topological polar surface area (TPSA) is 0 Å². The first kappa shape index (κ1) is 23.7. The van der Waals surface area contributed by atoms with E-state index in [1.165, 1.54) is 99.7 Å². The summed E-state index contributed by atoms with van der Waals surface area (Å²) in [5.74, 6) is 0. The van der Waals surface area contributed by atoms with E-state index in [1.807, 2.05) is 22.7 Å². The van der Waals surface area contributed by atoms with Gasteiger partial charge in [0.25, 0.3) is 0 Å². The molecule has 35 heavy (non-hydrogen) atoms. The van der Waals surface area contributed by atoms with E-state index in [0.29, 0.717) is 0 Å². The molecule has 178 valence electrons. The molecule has 0 aliphatic rings. The second kappa shape index (κ2) is 10.8. The van der Waals surface area contributed by atoms with Gasteiger partial charge >= 0.3 is 182 Å². The van der Waals surface area contributed by atoms with Gasteiger partial charge in [-0.3, -0.25) is 0 Å². The van der Waals surface area contributed by atoms with Gasteiger partial charge in [-0.15, -0.1) is 0 Å². The van der Waals surface area contributed by atoms with Crippen molar-refractivity contribution >= 4 is 83.5 Å². The first-order valence-corrected chi connectivity index (χ1v) is 17.2. The van der Waals surface area contributed by atoms with E-state index in [-0.39, 0.29) is 20.4 Å². The summed E-state index contributed by atoms with van der Waals surface area (Å²) < 4.78 is 4.62. The molecule has 0 bridgehead atoms. The molecule has 0 atom stereocenters. The van der Waals surface area contributed by atoms with Crippen molar-refractivity contribution in [2.45, 2.75) is 64.7 Å². The van der Waals surface area contributed by atoms with Gasteiger partial charge in [-0.2, -0.15) is 0 Å². The quantitative estimate of drug-likeness (QED) is 0.0825. The zero-order chi connectivity index (χ0) is 23.6. The fourth-order valence-corrected chi connectivity index (χ4v) is 10.6. The van der Waals surface area contributed by atoms with Gasteiger partial charge in [0.15, 0.2) is 0 Å². The van der Waals surface area contributed by atoms with E-state index >= 15 is 0 Å². The predicted molar refractivity (Wildman–Crippen MR) is 161 cm³/mol. The summed E-state index contributed by atoms with van der Waals surface area (Å²) in [5, 5.41) is 10.6. The second-order valence-corrected chi connectivity index (χ2v) is 15.1. The summed E-state index contributed by atoms with van der Waals surface area (Å²) >= 11 is 3.60. The molecule has 3 heteroatoms. The molecule has 6 rings (SSSR count). The van der Waals surface area contributed by atoms with Crippen LogP contribution in [0.5, 0.6) is 0 Å². The summed E-state index contributed by atoms with van der Waals surface area (Å²) in [7, 11) is 0. The molecule has 0 amide bonds. The maximum atomic E-state index is 2.48. The number of fused-ring (bicyclic) bond motifs is 4. The number of hydrogen-bond donors (Lipinski definition) is 0. The Kier molecular flexibility index (Phi) is 7.31. The summed E-state index contributed by atoms with van der Waals surface area (Å²) in [6.07, 6.45) is 12.4. The van der Waals surface area contributed by atoms with Crippen LogP contribution in [-0.2, 0) is 6.42 Å². The van der Waals surface area contributed by atoms with Crippen molar-refractivity contribution < 1.29 is 0 Å². The molecule has 0 saturated carbocycles. The first-order valence-electron chi connectivity index (χ1n) is 13.1. The number of rotatable bonds is 10. The summed E-state index contributed by atoms with van der Waals surface area (Å²) in [4.78, 5) is 3.02. The molecule has 6 aromatic rings. The summed E-state index contributed by atoms with van der Waals surface area (Å²) in [6.45, 7) is 2.29. The molecular formula is C32H32S2Te. The van der Waals surface area contributed by atoms with E-state index < -0.39 is 0 Å². The van der Waals surface area contributed by atoms with Crippen LogP contribution in [0, 0.1) is 0 Å². The molecule has 0 saturated heterocycles. The van der Waals surface area contributed by atoms with Crippen molar-refractivity contribution in [3.05, 3.63) is 70.9 Å². The van der Waals surface area contributed by atoms with Gasteiger partial charge in [0.05, 0.1) is 0 Å². The minimum atomic E-state index is -0.287. The Morgan fingerprint density at radius 1 is 0.657 bits per heavy atom. The van der Waals surface area contributed by atoms with Gasteiger partial charge in [0.1, 0.15) is 0 Å². The monoisotopic (exact) mass is 610 g/mol. The van der Waals surface area contributed by atoms with E-state index in [9.17, 15) is 0 Å². The minimum absolute atomic E-state index is 0.287. The molecule has 0 N–H and O–H groups in total. The Labute approximate surface area is 226 Å². The van der Waals surface area contributed by atoms with Crippen LogP contribution < -0.4 is 0 Å². The van der Waals surface area contributed by atoms with Crippen LogP contribution in [0.25, 0.3) is 48.9 Å². The van der Waals surface area contributed by atoms with Crippen molar-refractivity contribution in [2.24, 2.45) is 0 Å². The Bertz CT molecular complexity index is 1490. The van der Waals surface area contributed by atoms with Crippen LogP contribution in [0.3, 0.4) is 0 Å². The van der Waals surface area contributed by atoms with Crippen molar-refractivity contribution in [2.75, 3.05) is 0 Å². The predicted octanol–water partition coefficient (Wildman–Crippen LogP) is 10.8. The van der Waals surface area contributed by atoms with Gasteiger partial charge in [0, 0.05) is 0 Å². The molecule has 0 unspecified atom stereocenters. The van der Waals surface area contributed by atoms with E-state index in [2.05, 4.69) is 73.0 Å². The van der Waals surface area contributed by atoms with Crippen LogP contribution >= 0.6 is 22.7 Å². The molecule has 0 nitrogen and oxygen atoms in total. The van der Waals surface area contributed by atoms with Gasteiger partial charge in [-0.1, -0.05) is 45.4 Å². The van der Waals surface area contributed by atoms with Gasteiger partial charge in [-0.05, 0) is 0 Å². The fourth-order valence-electron chi connectivity index (χ4n) is 5.23. The Balaban J connectivity index is 1.21. The molecule has 3 aromatic heterocycles. The van der Waals surface area contributed by atoms with Crippen LogP contribution in [0.4, 0.5) is 0 Å². The molecule has 3 aromatic carbocycles. The molecule has 0 aliphatic carbocycles. The van der Waals surface area contributed by atoms with E-state index in [1.54, 1.807) is 11.9 Å². The Morgan fingerprint density at radius 2 is 1.34 bits per heavy atom. The second-order valence-electron chi connectivity index (χ2n) is 9.85. The van der Waals surface area contributed by atoms with Crippen molar-refractivity contribution in [3.8, 4) is 8.46 Å². The van der Waals surface area contributed by atoms with Crippen molar-refractivity contribution in [1.29, 1.82) is 0 Å². The summed E-state index contributed by atoms with van der Waals surface area (Å²) in [5.41, 5.74) is 0.